The van der Waals surface area contributed by atoms with Gasteiger partial charge in [0.15, 0.2) is 0 Å². The molecule has 12 heavy (non-hydrogen) atoms. The molecule has 2 aliphatic carbocycles. The normalized spacial score (nSPS) is 34.5. The van der Waals surface area contributed by atoms with Gasteiger partial charge in [0.05, 0.1) is 0 Å². The largest absolute Gasteiger partial charge is 0.350 e. The van der Waals surface area contributed by atoms with Gasteiger partial charge in [-0.15, -0.1) is 0 Å². The summed E-state index contributed by atoms with van der Waals surface area (Å²) in [6, 6.07) is 0. The van der Waals surface area contributed by atoms with Crippen molar-refractivity contribution >= 4 is 5.91 Å². The lowest BCUT2D eigenvalue weighted by Gasteiger charge is -2.59. The fourth-order valence-corrected chi connectivity index (χ4v) is 3.66. The minimum atomic E-state index is 0.267. The molecule has 2 nitrogen and oxygen atoms in total. The third-order valence-electron chi connectivity index (χ3n) is 3.99. The van der Waals surface area contributed by atoms with E-state index < -0.39 is 0 Å². The predicted molar refractivity (Wildman–Crippen MR) is 45.6 cm³/mol. The van der Waals surface area contributed by atoms with E-state index in [1.807, 2.05) is 0 Å². The molecule has 1 N–H and O–H groups in total. The second-order valence-corrected chi connectivity index (χ2v) is 5.07. The van der Waals surface area contributed by atoms with Gasteiger partial charge in [-0.05, 0) is 31.1 Å². The Hall–Kier alpha value is -0.530. The van der Waals surface area contributed by atoms with Crippen molar-refractivity contribution in [1.29, 1.82) is 0 Å². The average molecular weight is 165 g/mol. The molecule has 1 amide bonds. The number of carbonyl (C=O) groups is 1. The molecular formula is C10H15NO. The Morgan fingerprint density at radius 3 is 2.25 bits per heavy atom. The standard InChI is InChI=1S/C10H15NO/c12-8-5-10(11-8)6-9(7-10)3-1-2-4-9/h1-7H2,(H,11,12). The van der Waals surface area contributed by atoms with Crippen molar-refractivity contribution < 1.29 is 4.79 Å². The number of hydrogen-bond donors (Lipinski definition) is 1. The maximum Gasteiger partial charge on any atom is 0.222 e. The lowest BCUT2D eigenvalue weighted by atomic mass is 9.53. The van der Waals surface area contributed by atoms with Crippen LogP contribution in [-0.2, 0) is 4.79 Å². The van der Waals surface area contributed by atoms with E-state index in [0.29, 0.717) is 11.0 Å². The van der Waals surface area contributed by atoms with E-state index in [0.717, 1.165) is 6.42 Å². The second kappa shape index (κ2) is 1.86. The maximum atomic E-state index is 10.8. The molecular weight excluding hydrogens is 150 g/mol. The maximum absolute atomic E-state index is 10.8. The van der Waals surface area contributed by atoms with Crippen molar-refractivity contribution in [2.45, 2.75) is 50.5 Å². The summed E-state index contributed by atoms with van der Waals surface area (Å²) in [7, 11) is 0. The van der Waals surface area contributed by atoms with Gasteiger partial charge in [-0.3, -0.25) is 4.79 Å². The Balaban J connectivity index is 1.67. The summed E-state index contributed by atoms with van der Waals surface area (Å²) in [5.74, 6) is 0.267. The Kier molecular flexibility index (Phi) is 1.07. The van der Waals surface area contributed by atoms with Crippen LogP contribution in [0.15, 0.2) is 0 Å². The highest BCUT2D eigenvalue weighted by Crippen LogP contribution is 2.60. The molecule has 2 saturated carbocycles. The van der Waals surface area contributed by atoms with Crippen molar-refractivity contribution in [3.05, 3.63) is 0 Å². The zero-order chi connectivity index (χ0) is 8.23. The van der Waals surface area contributed by atoms with E-state index >= 15 is 0 Å². The van der Waals surface area contributed by atoms with Crippen LogP contribution < -0.4 is 5.32 Å². The fraction of sp³-hybridized carbons (Fsp3) is 0.900. The van der Waals surface area contributed by atoms with Crippen molar-refractivity contribution in [3.63, 3.8) is 0 Å². The molecule has 0 aromatic carbocycles. The van der Waals surface area contributed by atoms with Crippen LogP contribution >= 0.6 is 0 Å². The lowest BCUT2D eigenvalue weighted by Crippen LogP contribution is -2.70. The SMILES string of the molecule is O=C1CC2(CC3(CCCC3)C2)N1. The van der Waals surface area contributed by atoms with Crippen LogP contribution in [0.5, 0.6) is 0 Å². The van der Waals surface area contributed by atoms with Crippen molar-refractivity contribution in [1.82, 2.24) is 5.32 Å². The van der Waals surface area contributed by atoms with Gasteiger partial charge in [-0.25, -0.2) is 0 Å². The lowest BCUT2D eigenvalue weighted by molar-refractivity contribution is -0.144. The van der Waals surface area contributed by atoms with Crippen LogP contribution in [-0.4, -0.2) is 11.4 Å². The van der Waals surface area contributed by atoms with E-state index in [1.54, 1.807) is 0 Å². The van der Waals surface area contributed by atoms with E-state index in [1.165, 1.54) is 38.5 Å². The molecule has 3 fully saturated rings. The second-order valence-electron chi connectivity index (χ2n) is 5.07. The summed E-state index contributed by atoms with van der Waals surface area (Å²) < 4.78 is 0. The predicted octanol–water partition coefficient (Wildman–Crippen LogP) is 1.60. The summed E-state index contributed by atoms with van der Waals surface area (Å²) in [6.45, 7) is 0. The van der Waals surface area contributed by atoms with Gasteiger partial charge in [0.1, 0.15) is 0 Å². The summed E-state index contributed by atoms with van der Waals surface area (Å²) in [5, 5.41) is 3.07. The molecule has 0 aromatic rings. The zero-order valence-electron chi connectivity index (χ0n) is 7.36. The van der Waals surface area contributed by atoms with Crippen LogP contribution in [0.2, 0.25) is 0 Å². The third-order valence-corrected chi connectivity index (χ3v) is 3.99. The molecule has 1 aliphatic heterocycles. The first kappa shape index (κ1) is 6.93. The van der Waals surface area contributed by atoms with Gasteiger partial charge < -0.3 is 5.32 Å². The Morgan fingerprint density at radius 1 is 1.17 bits per heavy atom. The van der Waals surface area contributed by atoms with E-state index in [2.05, 4.69) is 5.32 Å². The van der Waals surface area contributed by atoms with Crippen molar-refractivity contribution in [2.75, 3.05) is 0 Å². The first-order valence-electron chi connectivity index (χ1n) is 5.03. The first-order valence-corrected chi connectivity index (χ1v) is 5.03. The monoisotopic (exact) mass is 165 g/mol. The summed E-state index contributed by atoms with van der Waals surface area (Å²) in [6.07, 6.45) is 9.07. The molecule has 2 heteroatoms. The molecule has 3 rings (SSSR count). The molecule has 1 heterocycles. The Labute approximate surface area is 72.7 Å². The van der Waals surface area contributed by atoms with E-state index in [9.17, 15) is 4.79 Å². The highest BCUT2D eigenvalue weighted by molar-refractivity contribution is 5.85. The van der Waals surface area contributed by atoms with Crippen LogP contribution in [0.4, 0.5) is 0 Å². The number of carbonyl (C=O) groups excluding carboxylic acids is 1. The summed E-state index contributed by atoms with van der Waals surface area (Å²) in [4.78, 5) is 10.8. The third kappa shape index (κ3) is 0.732. The van der Waals surface area contributed by atoms with Crippen molar-refractivity contribution in [2.24, 2.45) is 5.41 Å². The topological polar surface area (TPSA) is 29.1 Å². The smallest absolute Gasteiger partial charge is 0.222 e. The van der Waals surface area contributed by atoms with Gasteiger partial charge in [0.2, 0.25) is 5.91 Å². The van der Waals surface area contributed by atoms with Crippen LogP contribution in [0.25, 0.3) is 0 Å². The van der Waals surface area contributed by atoms with Crippen LogP contribution in [0, 0.1) is 5.41 Å². The molecule has 2 spiro atoms. The molecule has 3 aliphatic rings. The van der Waals surface area contributed by atoms with Gasteiger partial charge in [-0.2, -0.15) is 0 Å². The number of β-lactam (4-membered cyclic amide) rings is 1. The molecule has 0 bridgehead atoms. The first-order chi connectivity index (χ1) is 5.72. The highest BCUT2D eigenvalue weighted by Gasteiger charge is 2.60. The summed E-state index contributed by atoms with van der Waals surface area (Å²) in [5.41, 5.74) is 0.967. The van der Waals surface area contributed by atoms with E-state index in [-0.39, 0.29) is 5.91 Å². The van der Waals surface area contributed by atoms with Gasteiger partial charge in [0.25, 0.3) is 0 Å². The molecule has 0 unspecified atom stereocenters. The molecule has 0 atom stereocenters. The number of amides is 1. The Morgan fingerprint density at radius 2 is 1.75 bits per heavy atom. The summed E-state index contributed by atoms with van der Waals surface area (Å²) >= 11 is 0. The minimum Gasteiger partial charge on any atom is -0.350 e. The molecule has 0 aromatic heterocycles. The Bertz CT molecular complexity index is 222. The van der Waals surface area contributed by atoms with Crippen molar-refractivity contribution in [3.8, 4) is 0 Å². The molecule has 66 valence electrons. The number of hydrogen-bond acceptors (Lipinski definition) is 1. The fourth-order valence-electron chi connectivity index (χ4n) is 3.66. The number of nitrogens with one attached hydrogen (secondary N) is 1. The minimum absolute atomic E-state index is 0.267. The van der Waals surface area contributed by atoms with Gasteiger partial charge in [-0.1, -0.05) is 12.8 Å². The average Bonchev–Trinajstić information content (AvgIpc) is 2.31. The van der Waals surface area contributed by atoms with Crippen LogP contribution in [0.1, 0.15) is 44.9 Å². The molecule has 0 radical (unpaired) electrons. The zero-order valence-corrected chi connectivity index (χ0v) is 7.36. The van der Waals surface area contributed by atoms with Gasteiger partial charge in [0, 0.05) is 12.0 Å². The molecule has 1 saturated heterocycles. The van der Waals surface area contributed by atoms with Gasteiger partial charge >= 0.3 is 0 Å². The number of rotatable bonds is 0. The van der Waals surface area contributed by atoms with Crippen LogP contribution in [0.3, 0.4) is 0 Å². The quantitative estimate of drug-likeness (QED) is 0.543. The highest BCUT2D eigenvalue weighted by atomic mass is 16.2. The van der Waals surface area contributed by atoms with E-state index in [4.69, 9.17) is 0 Å².